The number of rotatable bonds is 2. The lowest BCUT2D eigenvalue weighted by atomic mass is 9.79. The van der Waals surface area contributed by atoms with Crippen molar-refractivity contribution in [3.8, 4) is 0 Å². The Bertz CT molecular complexity index is 538. The molecule has 0 saturated heterocycles. The van der Waals surface area contributed by atoms with Crippen LogP contribution in [0.1, 0.15) is 45.0 Å². The van der Waals surface area contributed by atoms with Crippen molar-refractivity contribution >= 4 is 19.7 Å². The number of hydrogen-bond acceptors (Lipinski definition) is 3. The van der Waals surface area contributed by atoms with Crippen LogP contribution in [-0.4, -0.2) is 18.0 Å². The Morgan fingerprint density at radius 3 is 2.50 bits per heavy atom. The van der Waals surface area contributed by atoms with E-state index in [0.29, 0.717) is 12.0 Å². The Hall–Kier alpha value is -0.550. The highest BCUT2D eigenvalue weighted by Gasteiger charge is 2.27. The van der Waals surface area contributed by atoms with Crippen LogP contribution in [0.25, 0.3) is 0 Å². The van der Waals surface area contributed by atoms with Crippen LogP contribution in [0.4, 0.5) is 0 Å². The van der Waals surface area contributed by atoms with Crippen LogP contribution in [0, 0.1) is 18.8 Å². The van der Waals surface area contributed by atoms with Crippen LogP contribution in [0.2, 0.25) is 0 Å². The summed E-state index contributed by atoms with van der Waals surface area (Å²) < 4.78 is 24.5. The van der Waals surface area contributed by atoms with Crippen LogP contribution < -0.4 is 0 Å². The molecular formula is C12H19ClN2O2S. The van der Waals surface area contributed by atoms with E-state index < -0.39 is 9.05 Å². The second kappa shape index (κ2) is 4.85. The highest BCUT2D eigenvalue weighted by molar-refractivity contribution is 8.13. The molecule has 1 aliphatic rings. The summed E-state index contributed by atoms with van der Waals surface area (Å²) in [6.07, 6.45) is 4.89. The van der Waals surface area contributed by atoms with E-state index in [4.69, 9.17) is 10.7 Å². The maximum absolute atomic E-state index is 11.3. The quantitative estimate of drug-likeness (QED) is 0.786. The number of hydrogen-bond donors (Lipinski definition) is 0. The first-order valence-electron chi connectivity index (χ1n) is 6.29. The number of aryl methyl sites for hydroxylation is 1. The summed E-state index contributed by atoms with van der Waals surface area (Å²) in [6.45, 7) is 6.35. The molecule has 1 fully saturated rings. The second-order valence-electron chi connectivity index (χ2n) is 5.39. The maximum Gasteiger partial charge on any atom is 0.280 e. The van der Waals surface area contributed by atoms with E-state index in [-0.39, 0.29) is 5.03 Å². The Kier molecular flexibility index (Phi) is 3.74. The van der Waals surface area contributed by atoms with Gasteiger partial charge in [0.15, 0.2) is 5.03 Å². The van der Waals surface area contributed by atoms with Crippen molar-refractivity contribution in [1.82, 2.24) is 9.55 Å². The summed E-state index contributed by atoms with van der Waals surface area (Å²) in [4.78, 5) is 4.04. The smallest absolute Gasteiger partial charge is 0.280 e. The molecule has 2 rings (SSSR count). The third-order valence-electron chi connectivity index (χ3n) is 4.11. The van der Waals surface area contributed by atoms with Gasteiger partial charge < -0.3 is 4.57 Å². The van der Waals surface area contributed by atoms with Crippen molar-refractivity contribution in [2.75, 3.05) is 0 Å². The molecule has 0 N–H and O–H groups in total. The lowest BCUT2D eigenvalue weighted by molar-refractivity contribution is 0.209. The molecule has 1 aromatic rings. The second-order valence-corrected chi connectivity index (χ2v) is 7.91. The predicted octanol–water partition coefficient (Wildman–Crippen LogP) is 3.12. The van der Waals surface area contributed by atoms with E-state index in [1.165, 1.54) is 6.42 Å². The van der Waals surface area contributed by atoms with Crippen LogP contribution in [0.3, 0.4) is 0 Å². The van der Waals surface area contributed by atoms with Crippen molar-refractivity contribution < 1.29 is 8.42 Å². The number of imidazole rings is 1. The third kappa shape index (κ3) is 2.72. The lowest BCUT2D eigenvalue weighted by Gasteiger charge is -2.33. The van der Waals surface area contributed by atoms with Gasteiger partial charge in [0.25, 0.3) is 9.05 Å². The van der Waals surface area contributed by atoms with Gasteiger partial charge in [-0.3, -0.25) is 0 Å². The average Bonchev–Trinajstić information content (AvgIpc) is 2.64. The Morgan fingerprint density at radius 1 is 1.33 bits per heavy atom. The molecule has 18 heavy (non-hydrogen) atoms. The zero-order valence-corrected chi connectivity index (χ0v) is 12.5. The van der Waals surface area contributed by atoms with Gasteiger partial charge in [0.2, 0.25) is 0 Å². The molecule has 3 atom stereocenters. The zero-order valence-electron chi connectivity index (χ0n) is 10.9. The molecule has 102 valence electrons. The van der Waals surface area contributed by atoms with E-state index in [2.05, 4.69) is 18.8 Å². The monoisotopic (exact) mass is 290 g/mol. The molecule has 0 bridgehead atoms. The summed E-state index contributed by atoms with van der Waals surface area (Å²) in [7, 11) is 1.60. The van der Waals surface area contributed by atoms with Gasteiger partial charge >= 0.3 is 0 Å². The van der Waals surface area contributed by atoms with Crippen molar-refractivity contribution in [3.05, 3.63) is 12.0 Å². The highest BCUT2D eigenvalue weighted by atomic mass is 35.7. The number of halogens is 1. The van der Waals surface area contributed by atoms with Crippen molar-refractivity contribution in [3.63, 3.8) is 0 Å². The summed E-state index contributed by atoms with van der Waals surface area (Å²) in [6, 6.07) is 0.343. The fraction of sp³-hybridized carbons (Fsp3) is 0.750. The molecule has 4 nitrogen and oxygen atoms in total. The minimum Gasteiger partial charge on any atom is -0.331 e. The van der Waals surface area contributed by atoms with E-state index >= 15 is 0 Å². The van der Waals surface area contributed by atoms with Crippen LogP contribution >= 0.6 is 10.7 Å². The minimum absolute atomic E-state index is 0.0343. The molecule has 1 aliphatic carbocycles. The molecule has 6 heteroatoms. The van der Waals surface area contributed by atoms with E-state index in [1.54, 1.807) is 6.20 Å². The molecule has 1 saturated carbocycles. The summed E-state index contributed by atoms with van der Waals surface area (Å²) in [5, 5.41) is -0.0343. The standard InChI is InChI=1S/C12H19ClN2O2S/c1-8-4-5-11(6-9(8)2)15-7-12(14-10(15)3)18(13,16)17/h7-9,11H,4-6H2,1-3H3. The molecule has 1 aromatic heterocycles. The van der Waals surface area contributed by atoms with Gasteiger partial charge in [0.05, 0.1) is 0 Å². The Balaban J connectivity index is 2.27. The highest BCUT2D eigenvalue weighted by Crippen LogP contribution is 2.37. The topological polar surface area (TPSA) is 52.0 Å². The molecule has 0 aliphatic heterocycles. The number of aromatic nitrogens is 2. The molecular weight excluding hydrogens is 272 g/mol. The first-order valence-corrected chi connectivity index (χ1v) is 8.60. The van der Waals surface area contributed by atoms with Crippen LogP contribution in [0.15, 0.2) is 11.2 Å². The summed E-state index contributed by atoms with van der Waals surface area (Å²) in [5.41, 5.74) is 0. The van der Waals surface area contributed by atoms with Crippen LogP contribution in [0.5, 0.6) is 0 Å². The summed E-state index contributed by atoms with van der Waals surface area (Å²) >= 11 is 0. The predicted molar refractivity (Wildman–Crippen MR) is 71.2 cm³/mol. The van der Waals surface area contributed by atoms with Gasteiger partial charge in [-0.05, 0) is 38.0 Å². The third-order valence-corrected chi connectivity index (χ3v) is 5.28. The van der Waals surface area contributed by atoms with Crippen LogP contribution in [-0.2, 0) is 9.05 Å². The van der Waals surface area contributed by atoms with Gasteiger partial charge in [0.1, 0.15) is 5.82 Å². The molecule has 0 spiro atoms. The summed E-state index contributed by atoms with van der Waals surface area (Å²) in [5.74, 6) is 2.11. The van der Waals surface area contributed by atoms with Crippen molar-refractivity contribution in [1.29, 1.82) is 0 Å². The molecule has 0 aromatic carbocycles. The van der Waals surface area contributed by atoms with Gasteiger partial charge in [-0.15, -0.1) is 0 Å². The first-order chi connectivity index (χ1) is 8.29. The van der Waals surface area contributed by atoms with Gasteiger partial charge in [-0.25, -0.2) is 13.4 Å². The average molecular weight is 291 g/mol. The van der Waals surface area contributed by atoms with Gasteiger partial charge in [-0.2, -0.15) is 0 Å². The lowest BCUT2D eigenvalue weighted by Crippen LogP contribution is -2.23. The molecule has 1 heterocycles. The Morgan fingerprint density at radius 2 is 2.00 bits per heavy atom. The van der Waals surface area contributed by atoms with Gasteiger partial charge in [-0.1, -0.05) is 13.8 Å². The van der Waals surface area contributed by atoms with E-state index in [0.717, 1.165) is 24.6 Å². The fourth-order valence-corrected chi connectivity index (χ4v) is 3.42. The fourth-order valence-electron chi connectivity index (χ4n) is 2.72. The largest absolute Gasteiger partial charge is 0.331 e. The SMILES string of the molecule is Cc1nc(S(=O)(=O)Cl)cn1C1CCC(C)C(C)C1. The Labute approximate surface area is 113 Å². The maximum atomic E-state index is 11.3. The van der Waals surface area contributed by atoms with Crippen molar-refractivity contribution in [2.45, 2.75) is 51.1 Å². The zero-order chi connectivity index (χ0) is 13.5. The van der Waals surface area contributed by atoms with E-state index in [1.807, 2.05) is 11.5 Å². The normalized spacial score (nSPS) is 29.4. The van der Waals surface area contributed by atoms with Gasteiger partial charge in [0, 0.05) is 22.9 Å². The number of nitrogens with zero attached hydrogens (tertiary/aromatic N) is 2. The van der Waals surface area contributed by atoms with Crippen molar-refractivity contribution in [2.24, 2.45) is 11.8 Å². The molecule has 3 unspecified atom stereocenters. The first kappa shape index (κ1) is 13.9. The molecule has 0 radical (unpaired) electrons. The minimum atomic E-state index is -3.73. The van der Waals surface area contributed by atoms with E-state index in [9.17, 15) is 8.42 Å². The molecule has 0 amide bonds.